The molecule has 1 fully saturated rings. The molecule has 1 unspecified atom stereocenters. The van der Waals surface area contributed by atoms with Crippen LogP contribution in [0.1, 0.15) is 12.8 Å². The van der Waals surface area contributed by atoms with Crippen LogP contribution in [0.4, 0.5) is 10.2 Å². The van der Waals surface area contributed by atoms with Crippen LogP contribution in [-0.2, 0) is 4.79 Å². The molecule has 2 aromatic heterocycles. The number of hydrogen-bond acceptors (Lipinski definition) is 5. The van der Waals surface area contributed by atoms with E-state index in [0.29, 0.717) is 35.8 Å². The second-order valence-corrected chi connectivity index (χ2v) is 5.72. The van der Waals surface area contributed by atoms with Gasteiger partial charge in [-0.15, -0.1) is 15.3 Å². The SMILES string of the molecule is NC(=O)C1CCCN1c1ccc2nnc(-c3ccccc3F)n2n1. The van der Waals surface area contributed by atoms with Crippen LogP contribution in [0.5, 0.6) is 0 Å². The van der Waals surface area contributed by atoms with Crippen LogP contribution in [0.15, 0.2) is 36.4 Å². The number of carbonyl (C=O) groups excluding carboxylic acids is 1. The predicted octanol–water partition coefficient (Wildman–Crippen LogP) is 1.38. The molecule has 8 heteroatoms. The highest BCUT2D eigenvalue weighted by Crippen LogP contribution is 2.26. The lowest BCUT2D eigenvalue weighted by molar-refractivity contribution is -0.119. The molecular formula is C16H15FN6O. The van der Waals surface area contributed by atoms with Gasteiger partial charge < -0.3 is 10.6 Å². The molecule has 1 amide bonds. The van der Waals surface area contributed by atoms with E-state index in [4.69, 9.17) is 5.73 Å². The van der Waals surface area contributed by atoms with E-state index in [1.807, 2.05) is 4.90 Å². The maximum atomic E-state index is 14.1. The molecule has 1 aromatic carbocycles. The molecule has 1 saturated heterocycles. The van der Waals surface area contributed by atoms with Gasteiger partial charge in [-0.25, -0.2) is 4.39 Å². The zero-order valence-electron chi connectivity index (χ0n) is 12.8. The summed E-state index contributed by atoms with van der Waals surface area (Å²) in [5.74, 6) is 0.156. The Balaban J connectivity index is 1.82. The van der Waals surface area contributed by atoms with E-state index in [1.165, 1.54) is 10.6 Å². The third-order valence-corrected chi connectivity index (χ3v) is 4.24. The summed E-state index contributed by atoms with van der Waals surface area (Å²) in [4.78, 5) is 13.5. The summed E-state index contributed by atoms with van der Waals surface area (Å²) in [6, 6.07) is 9.48. The number of benzene rings is 1. The Bertz CT molecular complexity index is 924. The number of anilines is 1. The standard InChI is InChI=1S/C16H15FN6O/c17-11-5-2-1-4-10(11)16-20-19-13-7-8-14(21-23(13)16)22-9-3-6-12(22)15(18)24/h1-2,4-5,7-8,12H,3,6,9H2,(H2,18,24). The zero-order valence-corrected chi connectivity index (χ0v) is 12.8. The van der Waals surface area contributed by atoms with Crippen LogP contribution in [0.2, 0.25) is 0 Å². The average molecular weight is 326 g/mol. The van der Waals surface area contributed by atoms with Crippen molar-refractivity contribution in [1.82, 2.24) is 19.8 Å². The summed E-state index contributed by atoms with van der Waals surface area (Å²) in [7, 11) is 0. The highest BCUT2D eigenvalue weighted by Gasteiger charge is 2.30. The maximum absolute atomic E-state index is 14.1. The minimum absolute atomic E-state index is 0.319. The third-order valence-electron chi connectivity index (χ3n) is 4.24. The van der Waals surface area contributed by atoms with Crippen molar-refractivity contribution < 1.29 is 9.18 Å². The molecule has 1 atom stereocenters. The second kappa shape index (κ2) is 5.55. The molecule has 0 spiro atoms. The van der Waals surface area contributed by atoms with Gasteiger partial charge in [-0.05, 0) is 37.1 Å². The molecule has 3 aromatic rings. The van der Waals surface area contributed by atoms with Crippen molar-refractivity contribution in [3.63, 3.8) is 0 Å². The second-order valence-electron chi connectivity index (χ2n) is 5.72. The van der Waals surface area contributed by atoms with Gasteiger partial charge >= 0.3 is 0 Å². The fraction of sp³-hybridized carbons (Fsp3) is 0.250. The fourth-order valence-corrected chi connectivity index (χ4v) is 3.08. The van der Waals surface area contributed by atoms with Crippen molar-refractivity contribution in [1.29, 1.82) is 0 Å². The molecule has 4 rings (SSSR count). The largest absolute Gasteiger partial charge is 0.368 e. The Labute approximate surface area is 136 Å². The van der Waals surface area contributed by atoms with E-state index < -0.39 is 5.82 Å². The topological polar surface area (TPSA) is 89.4 Å². The fourth-order valence-electron chi connectivity index (χ4n) is 3.08. The smallest absolute Gasteiger partial charge is 0.240 e. The van der Waals surface area contributed by atoms with E-state index in [9.17, 15) is 9.18 Å². The van der Waals surface area contributed by atoms with Crippen LogP contribution in [0, 0.1) is 5.82 Å². The Morgan fingerprint density at radius 3 is 2.83 bits per heavy atom. The molecule has 122 valence electrons. The van der Waals surface area contributed by atoms with Gasteiger partial charge in [0.15, 0.2) is 11.5 Å². The first-order chi connectivity index (χ1) is 11.6. The number of halogens is 1. The third kappa shape index (κ3) is 2.27. The lowest BCUT2D eigenvalue weighted by Gasteiger charge is -2.22. The summed E-state index contributed by atoms with van der Waals surface area (Å²) in [6.07, 6.45) is 1.58. The molecule has 7 nitrogen and oxygen atoms in total. The van der Waals surface area contributed by atoms with Crippen LogP contribution < -0.4 is 10.6 Å². The van der Waals surface area contributed by atoms with Gasteiger partial charge in [0.1, 0.15) is 17.7 Å². The summed E-state index contributed by atoms with van der Waals surface area (Å²) < 4.78 is 15.6. The molecule has 0 aliphatic carbocycles. The molecule has 0 radical (unpaired) electrons. The van der Waals surface area contributed by atoms with Gasteiger partial charge in [-0.3, -0.25) is 4.79 Å². The van der Waals surface area contributed by atoms with E-state index in [-0.39, 0.29) is 11.9 Å². The molecule has 1 aliphatic heterocycles. The molecule has 3 heterocycles. The minimum Gasteiger partial charge on any atom is -0.368 e. The first-order valence-corrected chi connectivity index (χ1v) is 7.68. The van der Waals surface area contributed by atoms with E-state index in [2.05, 4.69) is 15.3 Å². The van der Waals surface area contributed by atoms with Gasteiger partial charge in [0.2, 0.25) is 5.91 Å². The number of carbonyl (C=O) groups is 1. The van der Waals surface area contributed by atoms with Crippen LogP contribution >= 0.6 is 0 Å². The van der Waals surface area contributed by atoms with Gasteiger partial charge in [-0.2, -0.15) is 4.52 Å². The van der Waals surface area contributed by atoms with E-state index in [1.54, 1.807) is 30.3 Å². The quantitative estimate of drug-likeness (QED) is 0.785. The van der Waals surface area contributed by atoms with Crippen molar-refractivity contribution in [3.05, 3.63) is 42.2 Å². The molecule has 24 heavy (non-hydrogen) atoms. The van der Waals surface area contributed by atoms with Crippen LogP contribution in [0.3, 0.4) is 0 Å². The lowest BCUT2D eigenvalue weighted by Crippen LogP contribution is -2.40. The molecule has 0 saturated carbocycles. The van der Waals surface area contributed by atoms with E-state index >= 15 is 0 Å². The number of nitrogens with zero attached hydrogens (tertiary/aromatic N) is 5. The number of nitrogens with two attached hydrogens (primary N) is 1. The van der Waals surface area contributed by atoms with Gasteiger partial charge in [0.25, 0.3) is 0 Å². The monoisotopic (exact) mass is 326 g/mol. The number of fused-ring (bicyclic) bond motifs is 1. The number of aromatic nitrogens is 4. The Hall–Kier alpha value is -3.03. The summed E-state index contributed by atoms with van der Waals surface area (Å²) >= 11 is 0. The number of amides is 1. The summed E-state index contributed by atoms with van der Waals surface area (Å²) in [5, 5.41) is 12.6. The van der Waals surface area contributed by atoms with Crippen molar-refractivity contribution in [3.8, 4) is 11.4 Å². The molecule has 2 N–H and O–H groups in total. The van der Waals surface area contributed by atoms with Gasteiger partial charge in [-0.1, -0.05) is 12.1 Å². The number of primary amides is 1. The zero-order chi connectivity index (χ0) is 16.7. The van der Waals surface area contributed by atoms with Crippen molar-refractivity contribution >= 4 is 17.4 Å². The van der Waals surface area contributed by atoms with Crippen molar-refractivity contribution in [2.75, 3.05) is 11.4 Å². The van der Waals surface area contributed by atoms with Crippen LogP contribution in [0.25, 0.3) is 17.0 Å². The highest BCUT2D eigenvalue weighted by atomic mass is 19.1. The first-order valence-electron chi connectivity index (χ1n) is 7.68. The summed E-state index contributed by atoms with van der Waals surface area (Å²) in [6.45, 7) is 0.698. The Morgan fingerprint density at radius 1 is 1.21 bits per heavy atom. The average Bonchev–Trinajstić information content (AvgIpc) is 3.21. The maximum Gasteiger partial charge on any atom is 0.240 e. The molecule has 1 aliphatic rings. The Kier molecular flexibility index (Phi) is 3.37. The van der Waals surface area contributed by atoms with Gasteiger partial charge in [0.05, 0.1) is 5.56 Å². The first kappa shape index (κ1) is 14.6. The van der Waals surface area contributed by atoms with E-state index in [0.717, 1.165) is 6.42 Å². The summed E-state index contributed by atoms with van der Waals surface area (Å²) in [5.41, 5.74) is 6.30. The minimum atomic E-state index is -0.393. The Morgan fingerprint density at radius 2 is 2.04 bits per heavy atom. The van der Waals surface area contributed by atoms with Crippen molar-refractivity contribution in [2.45, 2.75) is 18.9 Å². The highest BCUT2D eigenvalue weighted by molar-refractivity contribution is 5.84. The number of hydrogen-bond donors (Lipinski definition) is 1. The normalized spacial score (nSPS) is 17.5. The van der Waals surface area contributed by atoms with Gasteiger partial charge in [0, 0.05) is 6.54 Å². The van der Waals surface area contributed by atoms with Crippen LogP contribution in [-0.4, -0.2) is 38.3 Å². The molecular weight excluding hydrogens is 311 g/mol. The lowest BCUT2D eigenvalue weighted by atomic mass is 10.2. The molecule has 0 bridgehead atoms. The number of rotatable bonds is 3. The predicted molar refractivity (Wildman–Crippen MR) is 85.7 cm³/mol. The van der Waals surface area contributed by atoms with Crippen molar-refractivity contribution in [2.24, 2.45) is 5.73 Å².